The van der Waals surface area contributed by atoms with E-state index in [0.717, 1.165) is 27.4 Å². The molecule has 0 saturated carbocycles. The summed E-state index contributed by atoms with van der Waals surface area (Å²) in [5.74, 6) is 0.544. The van der Waals surface area contributed by atoms with Crippen molar-refractivity contribution in [3.63, 3.8) is 0 Å². The zero-order valence-electron chi connectivity index (χ0n) is 12.7. The number of ether oxygens (including phenoxy) is 1. The van der Waals surface area contributed by atoms with E-state index in [-0.39, 0.29) is 0 Å². The van der Waals surface area contributed by atoms with Crippen LogP contribution in [0.1, 0.15) is 5.56 Å². The van der Waals surface area contributed by atoms with Gasteiger partial charge in [-0.05, 0) is 31.2 Å². The summed E-state index contributed by atoms with van der Waals surface area (Å²) in [6.07, 6.45) is -0.397. The van der Waals surface area contributed by atoms with Crippen molar-refractivity contribution in [3.05, 3.63) is 78.4 Å². The second-order valence-electron chi connectivity index (χ2n) is 5.55. The van der Waals surface area contributed by atoms with Crippen molar-refractivity contribution in [2.75, 3.05) is 0 Å². The summed E-state index contributed by atoms with van der Waals surface area (Å²) >= 11 is 0. The summed E-state index contributed by atoms with van der Waals surface area (Å²) in [5.41, 5.74) is 2.83. The molecule has 0 aliphatic heterocycles. The Bertz CT molecular complexity index is 960. The third-order valence-corrected chi connectivity index (χ3v) is 3.99. The maximum atomic E-state index is 12.7. The molecule has 0 bridgehead atoms. The van der Waals surface area contributed by atoms with Gasteiger partial charge in [-0.25, -0.2) is 9.36 Å². The minimum atomic E-state index is -0.397. The zero-order chi connectivity index (χ0) is 15.8. The molecule has 4 aromatic rings. The minimum absolute atomic E-state index is 0.397. The fourth-order valence-electron chi connectivity index (χ4n) is 2.87. The summed E-state index contributed by atoms with van der Waals surface area (Å²) in [7, 11) is 0. The highest BCUT2D eigenvalue weighted by Crippen LogP contribution is 2.29. The number of hydrogen-bond acceptors (Lipinski definition) is 2. The topological polar surface area (TPSA) is 31.2 Å². The fraction of sp³-hybridized carbons (Fsp3) is 0.0500. The number of para-hydroxylation sites is 2. The van der Waals surface area contributed by atoms with Gasteiger partial charge in [-0.3, -0.25) is 0 Å². The Kier molecular flexibility index (Phi) is 3.12. The van der Waals surface area contributed by atoms with Gasteiger partial charge in [0, 0.05) is 10.8 Å². The van der Waals surface area contributed by atoms with E-state index < -0.39 is 6.09 Å². The van der Waals surface area contributed by atoms with E-state index in [9.17, 15) is 4.79 Å². The molecule has 3 nitrogen and oxygen atoms in total. The van der Waals surface area contributed by atoms with Crippen molar-refractivity contribution in [2.24, 2.45) is 0 Å². The smallest absolute Gasteiger partial charge is 0.410 e. The molecule has 4 rings (SSSR count). The van der Waals surface area contributed by atoms with E-state index in [2.05, 4.69) is 0 Å². The number of aryl methyl sites for hydroxylation is 1. The average Bonchev–Trinajstić information content (AvgIpc) is 2.91. The van der Waals surface area contributed by atoms with Gasteiger partial charge in [0.1, 0.15) is 5.75 Å². The molecule has 0 aliphatic carbocycles. The van der Waals surface area contributed by atoms with Gasteiger partial charge in [0.25, 0.3) is 0 Å². The molecule has 0 fully saturated rings. The number of nitrogens with zero attached hydrogens (tertiary/aromatic N) is 1. The molecule has 0 spiro atoms. The van der Waals surface area contributed by atoms with Crippen LogP contribution in [0.25, 0.3) is 21.8 Å². The van der Waals surface area contributed by atoms with Crippen LogP contribution in [-0.4, -0.2) is 10.7 Å². The molecule has 3 heteroatoms. The van der Waals surface area contributed by atoms with Crippen LogP contribution in [0, 0.1) is 6.92 Å². The molecule has 0 saturated heterocycles. The molecule has 1 aromatic heterocycles. The number of rotatable bonds is 1. The van der Waals surface area contributed by atoms with Crippen LogP contribution in [0.3, 0.4) is 0 Å². The van der Waals surface area contributed by atoms with Crippen molar-refractivity contribution in [2.45, 2.75) is 6.92 Å². The van der Waals surface area contributed by atoms with Gasteiger partial charge in [-0.1, -0.05) is 54.1 Å². The van der Waals surface area contributed by atoms with Crippen LogP contribution < -0.4 is 4.74 Å². The fourth-order valence-corrected chi connectivity index (χ4v) is 2.87. The van der Waals surface area contributed by atoms with Crippen LogP contribution >= 0.6 is 0 Å². The van der Waals surface area contributed by atoms with E-state index in [1.54, 1.807) is 16.7 Å². The first-order chi connectivity index (χ1) is 11.2. The molecule has 0 atom stereocenters. The molecule has 23 heavy (non-hydrogen) atoms. The molecule has 3 aromatic carbocycles. The first-order valence-corrected chi connectivity index (χ1v) is 7.51. The number of hydrogen-bond donors (Lipinski definition) is 0. The lowest BCUT2D eigenvalue weighted by molar-refractivity contribution is 0.204. The highest BCUT2D eigenvalue weighted by molar-refractivity contribution is 6.12. The molecule has 0 unspecified atom stereocenters. The summed E-state index contributed by atoms with van der Waals surface area (Å²) in [6.45, 7) is 2.00. The molecule has 0 amide bonds. The number of carbonyl (C=O) groups excluding carboxylic acids is 1. The largest absolute Gasteiger partial charge is 0.424 e. The summed E-state index contributed by atoms with van der Waals surface area (Å²) in [4.78, 5) is 12.7. The number of carbonyl (C=O) groups is 1. The second-order valence-corrected chi connectivity index (χ2v) is 5.55. The summed E-state index contributed by atoms with van der Waals surface area (Å²) in [5, 5.41) is 2.09. The highest BCUT2D eigenvalue weighted by Gasteiger charge is 2.16. The summed E-state index contributed by atoms with van der Waals surface area (Å²) in [6, 6.07) is 23.2. The Hall–Kier alpha value is -3.07. The van der Waals surface area contributed by atoms with Crippen LogP contribution in [0.2, 0.25) is 0 Å². The van der Waals surface area contributed by atoms with Crippen LogP contribution in [-0.2, 0) is 0 Å². The molecule has 0 aliphatic rings. The van der Waals surface area contributed by atoms with Crippen molar-refractivity contribution in [1.82, 2.24) is 4.57 Å². The molecule has 112 valence electrons. The highest BCUT2D eigenvalue weighted by atomic mass is 16.6. The molecular formula is C20H15NO2. The standard InChI is InChI=1S/C20H15NO2/c1-14-10-12-15(13-11-14)23-20(22)21-18-8-4-2-6-16(18)17-7-3-5-9-19(17)21/h2-13H,1H3. The van der Waals surface area contributed by atoms with Crippen molar-refractivity contribution in [1.29, 1.82) is 0 Å². The Balaban J connectivity index is 1.86. The van der Waals surface area contributed by atoms with Gasteiger partial charge in [0.05, 0.1) is 11.0 Å². The van der Waals surface area contributed by atoms with E-state index >= 15 is 0 Å². The predicted octanol–water partition coefficient (Wildman–Crippen LogP) is 5.15. The van der Waals surface area contributed by atoms with E-state index in [0.29, 0.717) is 5.75 Å². The van der Waals surface area contributed by atoms with Crippen molar-refractivity contribution >= 4 is 27.9 Å². The number of benzene rings is 3. The van der Waals surface area contributed by atoms with Crippen molar-refractivity contribution in [3.8, 4) is 5.75 Å². The minimum Gasteiger partial charge on any atom is -0.410 e. The molecule has 0 N–H and O–H groups in total. The second kappa shape index (κ2) is 5.29. The number of aromatic nitrogens is 1. The maximum absolute atomic E-state index is 12.7. The normalized spacial score (nSPS) is 11.0. The predicted molar refractivity (Wildman–Crippen MR) is 92.0 cm³/mol. The Morgan fingerprint density at radius 1 is 0.783 bits per heavy atom. The third kappa shape index (κ3) is 2.27. The monoisotopic (exact) mass is 301 g/mol. The lowest BCUT2D eigenvalue weighted by atomic mass is 10.2. The first kappa shape index (κ1) is 13.6. The molecular weight excluding hydrogens is 286 g/mol. The van der Waals surface area contributed by atoms with Gasteiger partial charge in [-0.15, -0.1) is 0 Å². The van der Waals surface area contributed by atoms with Crippen LogP contribution in [0.5, 0.6) is 5.75 Å². The van der Waals surface area contributed by atoms with Gasteiger partial charge < -0.3 is 4.74 Å². The van der Waals surface area contributed by atoms with Crippen molar-refractivity contribution < 1.29 is 9.53 Å². The van der Waals surface area contributed by atoms with Gasteiger partial charge in [0.15, 0.2) is 0 Å². The van der Waals surface area contributed by atoms with Gasteiger partial charge >= 0.3 is 6.09 Å². The number of fused-ring (bicyclic) bond motifs is 3. The maximum Gasteiger partial charge on any atom is 0.424 e. The summed E-state index contributed by atoms with van der Waals surface area (Å²) < 4.78 is 7.18. The van der Waals surface area contributed by atoms with E-state index in [4.69, 9.17) is 4.74 Å². The Labute approximate surface area is 133 Å². The van der Waals surface area contributed by atoms with E-state index in [1.807, 2.05) is 67.6 Å². The van der Waals surface area contributed by atoms with Gasteiger partial charge in [-0.2, -0.15) is 0 Å². The third-order valence-electron chi connectivity index (χ3n) is 3.99. The van der Waals surface area contributed by atoms with E-state index in [1.165, 1.54) is 0 Å². The molecule has 1 heterocycles. The molecule has 0 radical (unpaired) electrons. The van der Waals surface area contributed by atoms with Crippen LogP contribution in [0.4, 0.5) is 4.79 Å². The Morgan fingerprint density at radius 2 is 1.30 bits per heavy atom. The first-order valence-electron chi connectivity index (χ1n) is 7.51. The lowest BCUT2D eigenvalue weighted by Gasteiger charge is -2.07. The average molecular weight is 301 g/mol. The van der Waals surface area contributed by atoms with Crippen LogP contribution in [0.15, 0.2) is 72.8 Å². The zero-order valence-corrected chi connectivity index (χ0v) is 12.7. The quantitative estimate of drug-likeness (QED) is 0.487. The Morgan fingerprint density at radius 3 is 1.87 bits per heavy atom. The van der Waals surface area contributed by atoms with Gasteiger partial charge in [0.2, 0.25) is 0 Å². The SMILES string of the molecule is Cc1ccc(OC(=O)n2c3ccccc3c3ccccc32)cc1. The lowest BCUT2D eigenvalue weighted by Crippen LogP contribution is -2.16.